The maximum Gasteiger partial charge on any atom is 0.356 e. The first-order valence-electron chi connectivity index (χ1n) is 7.36. The Kier molecular flexibility index (Phi) is 4.38. The fraction of sp³-hybridized carbons (Fsp3) is 0.0556. The number of ketones is 1. The summed E-state index contributed by atoms with van der Waals surface area (Å²) < 4.78 is 1.47. The minimum absolute atomic E-state index is 0.0433. The molecule has 0 spiro atoms. The highest BCUT2D eigenvalue weighted by Gasteiger charge is 2.15. The van der Waals surface area contributed by atoms with Crippen molar-refractivity contribution in [3.8, 4) is 5.69 Å². The van der Waals surface area contributed by atoms with Crippen LogP contribution in [0.2, 0.25) is 0 Å². The van der Waals surface area contributed by atoms with Gasteiger partial charge in [0.1, 0.15) is 5.82 Å². The van der Waals surface area contributed by atoms with E-state index in [1.165, 1.54) is 10.7 Å². The van der Waals surface area contributed by atoms with Crippen LogP contribution in [0.15, 0.2) is 66.7 Å². The second kappa shape index (κ2) is 6.78. The molecule has 2 N–H and O–H groups in total. The van der Waals surface area contributed by atoms with Crippen molar-refractivity contribution in [2.24, 2.45) is 0 Å². The van der Waals surface area contributed by atoms with Gasteiger partial charge in [0.2, 0.25) is 0 Å². The number of carboxylic acids is 1. The van der Waals surface area contributed by atoms with E-state index in [0.717, 1.165) is 0 Å². The van der Waals surface area contributed by atoms with E-state index in [1.807, 2.05) is 36.4 Å². The molecular weight excluding hydrogens is 306 g/mol. The van der Waals surface area contributed by atoms with Crippen LogP contribution in [0.5, 0.6) is 0 Å². The number of nitrogens with zero attached hydrogens (tertiary/aromatic N) is 2. The van der Waals surface area contributed by atoms with Crippen LogP contribution in [-0.4, -0.2) is 33.2 Å². The molecule has 2 aromatic carbocycles. The largest absolute Gasteiger partial charge is 0.476 e. The molecule has 24 heavy (non-hydrogen) atoms. The molecule has 120 valence electrons. The summed E-state index contributed by atoms with van der Waals surface area (Å²) >= 11 is 0. The molecule has 6 heteroatoms. The van der Waals surface area contributed by atoms with E-state index in [1.54, 1.807) is 24.3 Å². The van der Waals surface area contributed by atoms with E-state index in [4.69, 9.17) is 5.11 Å². The van der Waals surface area contributed by atoms with Crippen LogP contribution in [-0.2, 0) is 0 Å². The highest BCUT2D eigenvalue weighted by molar-refractivity contribution is 5.99. The fourth-order valence-corrected chi connectivity index (χ4v) is 2.27. The Morgan fingerprint density at radius 3 is 2.25 bits per heavy atom. The number of benzene rings is 2. The molecule has 0 amide bonds. The van der Waals surface area contributed by atoms with Crippen molar-refractivity contribution in [1.29, 1.82) is 0 Å². The molecule has 0 aliphatic rings. The van der Waals surface area contributed by atoms with Gasteiger partial charge in [-0.25, -0.2) is 9.48 Å². The SMILES string of the molecule is O=C(CNc1cc(C(=O)O)nn1-c1ccccc1)c1ccccc1. The van der Waals surface area contributed by atoms with Gasteiger partial charge >= 0.3 is 5.97 Å². The molecule has 0 saturated heterocycles. The van der Waals surface area contributed by atoms with Gasteiger partial charge in [-0.05, 0) is 12.1 Å². The van der Waals surface area contributed by atoms with E-state index in [0.29, 0.717) is 17.1 Å². The van der Waals surface area contributed by atoms with Crippen LogP contribution in [0.4, 0.5) is 5.82 Å². The first-order valence-corrected chi connectivity index (χ1v) is 7.36. The van der Waals surface area contributed by atoms with Gasteiger partial charge in [0.05, 0.1) is 12.2 Å². The van der Waals surface area contributed by atoms with Crippen molar-refractivity contribution in [2.75, 3.05) is 11.9 Å². The summed E-state index contributed by atoms with van der Waals surface area (Å²) in [7, 11) is 0. The van der Waals surface area contributed by atoms with Crippen LogP contribution >= 0.6 is 0 Å². The predicted molar refractivity (Wildman–Crippen MR) is 89.8 cm³/mol. The Bertz CT molecular complexity index is 858. The fourth-order valence-electron chi connectivity index (χ4n) is 2.27. The number of anilines is 1. The van der Waals surface area contributed by atoms with Crippen LogP contribution in [0.25, 0.3) is 5.69 Å². The summed E-state index contributed by atoms with van der Waals surface area (Å²) in [6.45, 7) is 0.0433. The average molecular weight is 321 g/mol. The number of para-hydroxylation sites is 1. The van der Waals surface area contributed by atoms with Gasteiger partial charge in [0.15, 0.2) is 11.5 Å². The van der Waals surface area contributed by atoms with Gasteiger partial charge in [-0.1, -0.05) is 48.5 Å². The van der Waals surface area contributed by atoms with Crippen LogP contribution < -0.4 is 5.32 Å². The minimum atomic E-state index is -1.12. The molecule has 1 aromatic heterocycles. The number of carboxylic acid groups (broad SMARTS) is 1. The van der Waals surface area contributed by atoms with Crippen molar-refractivity contribution in [1.82, 2.24) is 9.78 Å². The van der Waals surface area contributed by atoms with Gasteiger partial charge in [-0.15, -0.1) is 0 Å². The van der Waals surface area contributed by atoms with Crippen molar-refractivity contribution >= 4 is 17.6 Å². The topological polar surface area (TPSA) is 84.2 Å². The number of rotatable bonds is 6. The maximum absolute atomic E-state index is 12.2. The molecule has 1 heterocycles. The third-order valence-corrected chi connectivity index (χ3v) is 3.46. The lowest BCUT2D eigenvalue weighted by molar-refractivity contribution is 0.0689. The number of Topliss-reactive ketones (excluding diaryl/α,β-unsaturated/α-hetero) is 1. The predicted octanol–water partition coefficient (Wildman–Crippen LogP) is 2.87. The second-order valence-electron chi connectivity index (χ2n) is 5.11. The smallest absolute Gasteiger partial charge is 0.356 e. The normalized spacial score (nSPS) is 10.3. The highest BCUT2D eigenvalue weighted by atomic mass is 16.4. The first kappa shape index (κ1) is 15.5. The zero-order chi connectivity index (χ0) is 16.9. The third kappa shape index (κ3) is 3.33. The van der Waals surface area contributed by atoms with Crippen molar-refractivity contribution in [3.63, 3.8) is 0 Å². The molecule has 0 unspecified atom stereocenters. The molecule has 0 aliphatic heterocycles. The molecule has 0 fully saturated rings. The first-order chi connectivity index (χ1) is 11.6. The number of aromatic nitrogens is 2. The summed E-state index contributed by atoms with van der Waals surface area (Å²) in [5, 5.41) is 16.2. The minimum Gasteiger partial charge on any atom is -0.476 e. The van der Waals surface area contributed by atoms with E-state index < -0.39 is 5.97 Å². The average Bonchev–Trinajstić information content (AvgIpc) is 3.06. The van der Waals surface area contributed by atoms with Crippen molar-refractivity contribution in [3.05, 3.63) is 78.0 Å². The van der Waals surface area contributed by atoms with Crippen molar-refractivity contribution in [2.45, 2.75) is 0 Å². The molecule has 0 radical (unpaired) electrons. The zero-order valence-electron chi connectivity index (χ0n) is 12.7. The maximum atomic E-state index is 12.2. The van der Waals surface area contributed by atoms with Crippen LogP contribution in [0.1, 0.15) is 20.8 Å². The Labute approximate surface area is 138 Å². The molecule has 3 rings (SSSR count). The van der Waals surface area contributed by atoms with Crippen LogP contribution in [0.3, 0.4) is 0 Å². The number of hydrogen-bond donors (Lipinski definition) is 2. The molecule has 0 bridgehead atoms. The lowest BCUT2D eigenvalue weighted by Crippen LogP contribution is -2.16. The van der Waals surface area contributed by atoms with Gasteiger partial charge in [-0.3, -0.25) is 4.79 Å². The van der Waals surface area contributed by atoms with E-state index >= 15 is 0 Å². The zero-order valence-corrected chi connectivity index (χ0v) is 12.7. The molecule has 0 atom stereocenters. The number of carbonyl (C=O) groups excluding carboxylic acids is 1. The quantitative estimate of drug-likeness (QED) is 0.682. The monoisotopic (exact) mass is 321 g/mol. The molecule has 3 aromatic rings. The lowest BCUT2D eigenvalue weighted by atomic mass is 10.1. The summed E-state index contributed by atoms with van der Waals surface area (Å²) in [6.07, 6.45) is 0. The van der Waals surface area contributed by atoms with Gasteiger partial charge in [0.25, 0.3) is 0 Å². The summed E-state index contributed by atoms with van der Waals surface area (Å²) in [6, 6.07) is 19.5. The van der Waals surface area contributed by atoms with Crippen molar-refractivity contribution < 1.29 is 14.7 Å². The number of carbonyl (C=O) groups is 2. The summed E-state index contributed by atoms with van der Waals surface area (Å²) in [5.41, 5.74) is 1.21. The Balaban J connectivity index is 1.84. The van der Waals surface area contributed by atoms with Crippen LogP contribution in [0, 0.1) is 0 Å². The van der Waals surface area contributed by atoms with E-state index in [9.17, 15) is 9.59 Å². The van der Waals surface area contributed by atoms with Gasteiger partial charge in [0, 0.05) is 11.6 Å². The van der Waals surface area contributed by atoms with E-state index in [-0.39, 0.29) is 18.0 Å². The molecular formula is C18H15N3O3. The number of hydrogen-bond acceptors (Lipinski definition) is 4. The van der Waals surface area contributed by atoms with Gasteiger partial charge in [-0.2, -0.15) is 5.10 Å². The second-order valence-corrected chi connectivity index (χ2v) is 5.11. The molecule has 0 saturated carbocycles. The van der Waals surface area contributed by atoms with E-state index in [2.05, 4.69) is 10.4 Å². The third-order valence-electron chi connectivity index (χ3n) is 3.46. The Morgan fingerprint density at radius 1 is 1.00 bits per heavy atom. The molecule has 6 nitrogen and oxygen atoms in total. The number of aromatic carboxylic acids is 1. The standard InChI is InChI=1S/C18H15N3O3/c22-16(13-7-3-1-4-8-13)12-19-17-11-15(18(23)24)20-21(17)14-9-5-2-6-10-14/h1-11,19H,12H2,(H,23,24). The summed E-state index contributed by atoms with van der Waals surface area (Å²) in [5.74, 6) is -0.765. The highest BCUT2D eigenvalue weighted by Crippen LogP contribution is 2.17. The lowest BCUT2D eigenvalue weighted by Gasteiger charge is -2.09. The Hall–Kier alpha value is -3.41. The summed E-state index contributed by atoms with van der Waals surface area (Å²) in [4.78, 5) is 23.4. The number of nitrogens with one attached hydrogen (secondary N) is 1. The Morgan fingerprint density at radius 2 is 1.62 bits per heavy atom. The van der Waals surface area contributed by atoms with Gasteiger partial charge < -0.3 is 10.4 Å². The molecule has 0 aliphatic carbocycles.